The van der Waals surface area contributed by atoms with E-state index in [0.717, 1.165) is 44.1 Å². The summed E-state index contributed by atoms with van der Waals surface area (Å²) in [7, 11) is 1.40. The number of aliphatic hydroxyl groups excluding tert-OH is 1. The number of carbonyl (C=O) groups is 2. The maximum atomic E-state index is 11.7. The van der Waals surface area contributed by atoms with Gasteiger partial charge >= 0.3 is 11.9 Å². The molecule has 2 heterocycles. The number of methoxy groups -OCH3 is 1. The molecule has 9 heteroatoms. The zero-order valence-corrected chi connectivity index (χ0v) is 19.9. The second kappa shape index (κ2) is 13.7. The molecule has 9 nitrogen and oxygen atoms in total. The summed E-state index contributed by atoms with van der Waals surface area (Å²) < 4.78 is 33.7. The molecular formula is C25H36O9. The van der Waals surface area contributed by atoms with Gasteiger partial charge in [-0.25, -0.2) is 0 Å². The first kappa shape index (κ1) is 26.6. The van der Waals surface area contributed by atoms with E-state index in [4.69, 9.17) is 23.7 Å². The maximum absolute atomic E-state index is 11.7. The third kappa shape index (κ3) is 7.74. The molecule has 0 saturated carbocycles. The predicted octanol–water partition coefficient (Wildman–Crippen LogP) is 3.04. The largest absolute Gasteiger partial charge is 0.469 e. The predicted molar refractivity (Wildman–Crippen MR) is 121 cm³/mol. The topological polar surface area (TPSA) is 110 Å². The molecule has 34 heavy (non-hydrogen) atoms. The summed E-state index contributed by atoms with van der Waals surface area (Å²) >= 11 is 0. The van der Waals surface area contributed by atoms with E-state index in [9.17, 15) is 14.7 Å². The van der Waals surface area contributed by atoms with Crippen LogP contribution in [0.3, 0.4) is 0 Å². The molecule has 2 fully saturated rings. The second-order valence-corrected chi connectivity index (χ2v) is 8.60. The van der Waals surface area contributed by atoms with E-state index >= 15 is 0 Å². The quantitative estimate of drug-likeness (QED) is 0.356. The summed E-state index contributed by atoms with van der Waals surface area (Å²) in [6.45, 7) is 1.93. The standard InChI is InChI=1S/C25H36O9/c1-17(26)32-23-21(28)25(30-15-11-6-4-3-5-10-14-20(27)29-2)33-19-16-31-24(34-22(19)23)18-12-8-7-9-13-18/h7-9,12-13,19,21-25,28H,3-6,10-11,14-16H2,1-2H3/t19-,21-,22-,23-,24?,25+/m1/s1. The van der Waals surface area contributed by atoms with Crippen molar-refractivity contribution in [2.75, 3.05) is 20.3 Å². The van der Waals surface area contributed by atoms with Gasteiger partial charge in [-0.1, -0.05) is 56.0 Å². The Morgan fingerprint density at radius 2 is 1.74 bits per heavy atom. The Morgan fingerprint density at radius 3 is 2.44 bits per heavy atom. The first-order valence-corrected chi connectivity index (χ1v) is 12.0. The fraction of sp³-hybridized carbons (Fsp3) is 0.680. The Balaban J connectivity index is 1.44. The number of rotatable bonds is 12. The van der Waals surface area contributed by atoms with E-state index in [1.165, 1.54) is 14.0 Å². The summed E-state index contributed by atoms with van der Waals surface area (Å²) in [5.74, 6) is -0.680. The van der Waals surface area contributed by atoms with Crippen molar-refractivity contribution in [3.63, 3.8) is 0 Å². The monoisotopic (exact) mass is 480 g/mol. The van der Waals surface area contributed by atoms with Gasteiger partial charge in [-0.2, -0.15) is 0 Å². The molecule has 0 bridgehead atoms. The minimum Gasteiger partial charge on any atom is -0.469 e. The number of hydrogen-bond donors (Lipinski definition) is 1. The van der Waals surface area contributed by atoms with Crippen LogP contribution < -0.4 is 0 Å². The number of ether oxygens (including phenoxy) is 6. The van der Waals surface area contributed by atoms with Crippen LogP contribution in [0.25, 0.3) is 0 Å². The van der Waals surface area contributed by atoms with Crippen LogP contribution in [0.1, 0.15) is 63.7 Å². The molecule has 190 valence electrons. The van der Waals surface area contributed by atoms with Crippen molar-refractivity contribution in [2.45, 2.75) is 88.9 Å². The number of fused-ring (bicyclic) bond motifs is 1. The SMILES string of the molecule is COC(=O)CCCCCCCCO[C@H]1O[C@@H]2COC(c3ccccc3)O[C@H]2[C@H](OC(C)=O)[C@H]1O. The molecule has 2 saturated heterocycles. The second-order valence-electron chi connectivity index (χ2n) is 8.60. The zero-order valence-electron chi connectivity index (χ0n) is 19.9. The highest BCUT2D eigenvalue weighted by atomic mass is 16.8. The van der Waals surface area contributed by atoms with Crippen molar-refractivity contribution in [1.82, 2.24) is 0 Å². The molecule has 2 aliphatic heterocycles. The van der Waals surface area contributed by atoms with Crippen molar-refractivity contribution in [1.29, 1.82) is 0 Å². The highest BCUT2D eigenvalue weighted by molar-refractivity contribution is 5.69. The van der Waals surface area contributed by atoms with Crippen molar-refractivity contribution >= 4 is 11.9 Å². The van der Waals surface area contributed by atoms with Crippen LogP contribution >= 0.6 is 0 Å². The third-order valence-electron chi connectivity index (χ3n) is 5.97. The summed E-state index contributed by atoms with van der Waals surface area (Å²) in [4.78, 5) is 22.8. The highest BCUT2D eigenvalue weighted by Crippen LogP contribution is 2.35. The summed E-state index contributed by atoms with van der Waals surface area (Å²) in [5.41, 5.74) is 0.834. The van der Waals surface area contributed by atoms with Crippen LogP contribution in [-0.2, 0) is 38.0 Å². The molecule has 1 unspecified atom stereocenters. The molecular weight excluding hydrogens is 444 g/mol. The summed E-state index contributed by atoms with van der Waals surface area (Å²) in [6.07, 6.45) is 1.22. The van der Waals surface area contributed by atoms with E-state index in [1.54, 1.807) is 0 Å². The number of esters is 2. The number of hydrogen-bond acceptors (Lipinski definition) is 9. The van der Waals surface area contributed by atoms with Crippen LogP contribution in [0, 0.1) is 0 Å². The molecule has 1 aromatic rings. The maximum Gasteiger partial charge on any atom is 0.305 e. The Hall–Kier alpha value is -2.04. The molecule has 6 atom stereocenters. The molecule has 0 aromatic heterocycles. The van der Waals surface area contributed by atoms with Crippen LogP contribution in [0.2, 0.25) is 0 Å². The van der Waals surface area contributed by atoms with Gasteiger partial charge in [0.15, 0.2) is 18.7 Å². The smallest absolute Gasteiger partial charge is 0.305 e. The Labute approximate surface area is 200 Å². The van der Waals surface area contributed by atoms with Gasteiger partial charge in [0.2, 0.25) is 0 Å². The van der Waals surface area contributed by atoms with Gasteiger partial charge < -0.3 is 33.5 Å². The van der Waals surface area contributed by atoms with Gasteiger partial charge in [0.05, 0.1) is 13.7 Å². The fourth-order valence-electron chi connectivity index (χ4n) is 4.19. The van der Waals surface area contributed by atoms with Crippen molar-refractivity contribution in [2.24, 2.45) is 0 Å². The van der Waals surface area contributed by atoms with Gasteiger partial charge in [-0.3, -0.25) is 9.59 Å². The lowest BCUT2D eigenvalue weighted by molar-refractivity contribution is -0.361. The molecule has 1 N–H and O–H groups in total. The summed E-state index contributed by atoms with van der Waals surface area (Å²) in [5, 5.41) is 10.9. The molecule has 3 rings (SSSR count). The first-order valence-electron chi connectivity index (χ1n) is 12.0. The lowest BCUT2D eigenvalue weighted by Crippen LogP contribution is -2.63. The number of unbranched alkanes of at least 4 members (excludes halogenated alkanes) is 5. The fourth-order valence-corrected chi connectivity index (χ4v) is 4.19. The molecule has 1 aromatic carbocycles. The van der Waals surface area contributed by atoms with Gasteiger partial charge in [-0.05, 0) is 12.8 Å². The normalized spacial score (nSPS) is 28.7. The lowest BCUT2D eigenvalue weighted by atomic mass is 9.97. The number of carbonyl (C=O) groups excluding carboxylic acids is 2. The van der Waals surface area contributed by atoms with E-state index in [0.29, 0.717) is 13.0 Å². The van der Waals surface area contributed by atoms with Gasteiger partial charge in [0, 0.05) is 25.5 Å². The Morgan fingerprint density at radius 1 is 1.03 bits per heavy atom. The van der Waals surface area contributed by atoms with Crippen molar-refractivity contribution < 1.29 is 43.1 Å². The first-order chi connectivity index (χ1) is 16.5. The number of aliphatic hydroxyl groups is 1. The van der Waals surface area contributed by atoms with Crippen molar-refractivity contribution in [3.8, 4) is 0 Å². The van der Waals surface area contributed by atoms with E-state index < -0.39 is 43.0 Å². The van der Waals surface area contributed by atoms with Crippen LogP contribution in [0.15, 0.2) is 30.3 Å². The average Bonchev–Trinajstić information content (AvgIpc) is 2.85. The number of benzene rings is 1. The van der Waals surface area contributed by atoms with Gasteiger partial charge in [0.1, 0.15) is 18.3 Å². The van der Waals surface area contributed by atoms with E-state index in [2.05, 4.69) is 4.74 Å². The van der Waals surface area contributed by atoms with Crippen LogP contribution in [0.4, 0.5) is 0 Å². The minimum atomic E-state index is -1.18. The molecule has 0 spiro atoms. The zero-order chi connectivity index (χ0) is 24.3. The molecule has 0 radical (unpaired) electrons. The lowest BCUT2D eigenvalue weighted by Gasteiger charge is -2.47. The van der Waals surface area contributed by atoms with Gasteiger partial charge in [0.25, 0.3) is 0 Å². The third-order valence-corrected chi connectivity index (χ3v) is 5.97. The average molecular weight is 481 g/mol. The highest BCUT2D eigenvalue weighted by Gasteiger charge is 2.51. The van der Waals surface area contributed by atoms with E-state index in [1.807, 2.05) is 30.3 Å². The van der Waals surface area contributed by atoms with Gasteiger partial charge in [-0.15, -0.1) is 0 Å². The summed E-state index contributed by atoms with van der Waals surface area (Å²) in [6, 6.07) is 9.44. The molecule has 2 aliphatic rings. The Kier molecular flexibility index (Phi) is 10.7. The molecule has 0 aliphatic carbocycles. The van der Waals surface area contributed by atoms with E-state index in [-0.39, 0.29) is 12.6 Å². The van der Waals surface area contributed by atoms with Crippen LogP contribution in [-0.4, -0.2) is 68.1 Å². The minimum absolute atomic E-state index is 0.168. The molecule has 0 amide bonds. The van der Waals surface area contributed by atoms with Crippen LogP contribution in [0.5, 0.6) is 0 Å². The Bertz CT molecular complexity index is 756. The van der Waals surface area contributed by atoms with Crippen molar-refractivity contribution in [3.05, 3.63) is 35.9 Å².